The summed E-state index contributed by atoms with van der Waals surface area (Å²) in [7, 11) is 0. The highest BCUT2D eigenvalue weighted by Crippen LogP contribution is 2.37. The lowest BCUT2D eigenvalue weighted by Crippen LogP contribution is -2.00. The molecule has 9 rings (SSSR count). The standard InChI is InChI=1S/C41H25N3O/c1-4-10-26(11-5-1)30-20-21-33-36-25-35-31(24-38(36)45-37(33)23-30)18-16-27-17-19-32(22-34(27)35)41-43-39(28-12-6-2-7-13-28)42-40(44-41)29-14-8-3-9-15-29/h1-25H. The van der Waals surface area contributed by atoms with Crippen LogP contribution in [0.15, 0.2) is 156 Å². The van der Waals surface area contributed by atoms with Crippen molar-refractivity contribution in [3.05, 3.63) is 152 Å². The summed E-state index contributed by atoms with van der Waals surface area (Å²) in [5.74, 6) is 1.95. The molecule has 7 aromatic carbocycles. The molecule has 2 aromatic heterocycles. The van der Waals surface area contributed by atoms with E-state index in [-0.39, 0.29) is 0 Å². The van der Waals surface area contributed by atoms with Gasteiger partial charge in [-0.25, -0.2) is 15.0 Å². The number of rotatable bonds is 4. The number of hydrogen-bond donors (Lipinski definition) is 0. The van der Waals surface area contributed by atoms with E-state index in [1.54, 1.807) is 0 Å². The molecule has 0 aliphatic rings. The Morgan fingerprint density at radius 3 is 1.49 bits per heavy atom. The Labute approximate surface area is 259 Å². The first-order valence-corrected chi connectivity index (χ1v) is 15.0. The van der Waals surface area contributed by atoms with Crippen LogP contribution in [0.4, 0.5) is 0 Å². The zero-order chi connectivity index (χ0) is 29.7. The Bertz CT molecular complexity index is 2460. The summed E-state index contributed by atoms with van der Waals surface area (Å²) in [6, 6.07) is 52.3. The van der Waals surface area contributed by atoms with Crippen molar-refractivity contribution in [2.24, 2.45) is 0 Å². The minimum Gasteiger partial charge on any atom is -0.456 e. The highest BCUT2D eigenvalue weighted by molar-refractivity contribution is 6.17. The average Bonchev–Trinajstić information content (AvgIpc) is 3.48. The molecular formula is C41H25N3O. The molecule has 9 aromatic rings. The van der Waals surface area contributed by atoms with Crippen LogP contribution in [0.1, 0.15) is 0 Å². The zero-order valence-corrected chi connectivity index (χ0v) is 24.2. The summed E-state index contributed by atoms with van der Waals surface area (Å²) >= 11 is 0. The minimum absolute atomic E-state index is 0.643. The van der Waals surface area contributed by atoms with Gasteiger partial charge in [-0.1, -0.05) is 121 Å². The van der Waals surface area contributed by atoms with E-state index in [0.717, 1.165) is 65.7 Å². The molecule has 0 spiro atoms. The van der Waals surface area contributed by atoms with Gasteiger partial charge < -0.3 is 4.42 Å². The molecule has 0 bridgehead atoms. The van der Waals surface area contributed by atoms with E-state index >= 15 is 0 Å². The van der Waals surface area contributed by atoms with Crippen LogP contribution in [0.25, 0.3) is 88.8 Å². The molecule has 0 aliphatic heterocycles. The highest BCUT2D eigenvalue weighted by atomic mass is 16.3. The van der Waals surface area contributed by atoms with E-state index in [4.69, 9.17) is 19.4 Å². The molecule has 4 nitrogen and oxygen atoms in total. The predicted octanol–water partition coefficient (Wildman–Crippen LogP) is 10.7. The van der Waals surface area contributed by atoms with Gasteiger partial charge in [0, 0.05) is 27.5 Å². The van der Waals surface area contributed by atoms with Gasteiger partial charge >= 0.3 is 0 Å². The van der Waals surface area contributed by atoms with Gasteiger partial charge in [-0.05, 0) is 63.0 Å². The molecule has 4 heteroatoms. The summed E-state index contributed by atoms with van der Waals surface area (Å²) in [6.07, 6.45) is 0. The summed E-state index contributed by atoms with van der Waals surface area (Å²) in [6.45, 7) is 0. The van der Waals surface area contributed by atoms with Crippen LogP contribution < -0.4 is 0 Å². The first-order valence-electron chi connectivity index (χ1n) is 15.0. The molecule has 0 saturated heterocycles. The fraction of sp³-hybridized carbons (Fsp3) is 0. The van der Waals surface area contributed by atoms with Crippen molar-refractivity contribution in [2.45, 2.75) is 0 Å². The molecule has 45 heavy (non-hydrogen) atoms. The largest absolute Gasteiger partial charge is 0.456 e. The van der Waals surface area contributed by atoms with Gasteiger partial charge in [-0.2, -0.15) is 0 Å². The molecule has 0 N–H and O–H groups in total. The van der Waals surface area contributed by atoms with Crippen LogP contribution in [-0.4, -0.2) is 15.0 Å². The van der Waals surface area contributed by atoms with Crippen molar-refractivity contribution in [3.63, 3.8) is 0 Å². The summed E-state index contributed by atoms with van der Waals surface area (Å²) in [5, 5.41) is 6.80. The van der Waals surface area contributed by atoms with Crippen LogP contribution in [0.5, 0.6) is 0 Å². The molecule has 0 amide bonds. The monoisotopic (exact) mass is 575 g/mol. The Kier molecular flexibility index (Phi) is 5.78. The fourth-order valence-electron chi connectivity index (χ4n) is 6.21. The average molecular weight is 576 g/mol. The van der Waals surface area contributed by atoms with E-state index < -0.39 is 0 Å². The van der Waals surface area contributed by atoms with Crippen LogP contribution in [0.3, 0.4) is 0 Å². The van der Waals surface area contributed by atoms with Gasteiger partial charge in [0.15, 0.2) is 17.5 Å². The number of aromatic nitrogens is 3. The van der Waals surface area contributed by atoms with E-state index in [2.05, 4.69) is 84.9 Å². The number of furan rings is 1. The maximum Gasteiger partial charge on any atom is 0.164 e. The minimum atomic E-state index is 0.643. The molecule has 210 valence electrons. The van der Waals surface area contributed by atoms with E-state index in [9.17, 15) is 0 Å². The maximum absolute atomic E-state index is 6.41. The Hall–Kier alpha value is -6.13. The van der Waals surface area contributed by atoms with Gasteiger partial charge in [0.05, 0.1) is 0 Å². The van der Waals surface area contributed by atoms with Gasteiger partial charge in [-0.3, -0.25) is 0 Å². The third kappa shape index (κ3) is 4.43. The molecule has 0 fully saturated rings. The van der Waals surface area contributed by atoms with Crippen LogP contribution >= 0.6 is 0 Å². The lowest BCUT2D eigenvalue weighted by molar-refractivity contribution is 0.669. The van der Waals surface area contributed by atoms with Crippen molar-refractivity contribution < 1.29 is 4.42 Å². The van der Waals surface area contributed by atoms with Crippen LogP contribution in [0, 0.1) is 0 Å². The van der Waals surface area contributed by atoms with Crippen molar-refractivity contribution >= 4 is 43.5 Å². The lowest BCUT2D eigenvalue weighted by atomic mass is 9.97. The molecule has 0 saturated carbocycles. The zero-order valence-electron chi connectivity index (χ0n) is 24.2. The number of fused-ring (bicyclic) bond motifs is 6. The van der Waals surface area contributed by atoms with E-state index in [1.165, 1.54) is 5.56 Å². The second-order valence-corrected chi connectivity index (χ2v) is 11.3. The first-order chi connectivity index (χ1) is 22.3. The van der Waals surface area contributed by atoms with Crippen LogP contribution in [0.2, 0.25) is 0 Å². The quantitative estimate of drug-likeness (QED) is 0.196. The topological polar surface area (TPSA) is 51.8 Å². The van der Waals surface area contributed by atoms with Gasteiger partial charge in [0.25, 0.3) is 0 Å². The molecule has 0 atom stereocenters. The van der Waals surface area contributed by atoms with E-state index in [0.29, 0.717) is 17.5 Å². The van der Waals surface area contributed by atoms with Crippen molar-refractivity contribution in [3.8, 4) is 45.3 Å². The second-order valence-electron chi connectivity index (χ2n) is 11.3. The van der Waals surface area contributed by atoms with Crippen LogP contribution in [-0.2, 0) is 0 Å². The normalized spacial score (nSPS) is 11.6. The van der Waals surface area contributed by atoms with Gasteiger partial charge in [0.1, 0.15) is 11.2 Å². The third-order valence-electron chi connectivity index (χ3n) is 8.49. The summed E-state index contributed by atoms with van der Waals surface area (Å²) in [4.78, 5) is 14.8. The molecule has 2 heterocycles. The van der Waals surface area contributed by atoms with E-state index in [1.807, 2.05) is 66.7 Å². The highest BCUT2D eigenvalue weighted by Gasteiger charge is 2.15. The molecule has 0 unspecified atom stereocenters. The van der Waals surface area contributed by atoms with Gasteiger partial charge in [0.2, 0.25) is 0 Å². The second kappa shape index (κ2) is 10.2. The Morgan fingerprint density at radius 2 is 0.822 bits per heavy atom. The van der Waals surface area contributed by atoms with Gasteiger partial charge in [-0.15, -0.1) is 0 Å². The number of hydrogen-bond acceptors (Lipinski definition) is 4. The maximum atomic E-state index is 6.41. The first kappa shape index (κ1) is 25.4. The summed E-state index contributed by atoms with van der Waals surface area (Å²) < 4.78 is 6.41. The van der Waals surface area contributed by atoms with Crippen molar-refractivity contribution in [2.75, 3.05) is 0 Å². The summed E-state index contributed by atoms with van der Waals surface area (Å²) in [5.41, 5.74) is 6.94. The SMILES string of the molecule is c1ccc(-c2ccc3c(c2)oc2cc4ccc5ccc(-c6nc(-c7ccccc7)nc(-c7ccccc7)n6)cc5c4cc23)cc1. The van der Waals surface area contributed by atoms with Crippen molar-refractivity contribution in [1.82, 2.24) is 15.0 Å². The third-order valence-corrected chi connectivity index (χ3v) is 8.49. The molecule has 0 radical (unpaired) electrons. The molecule has 0 aliphatic carbocycles. The lowest BCUT2D eigenvalue weighted by Gasteiger charge is -2.10. The molecular weight excluding hydrogens is 550 g/mol. The number of benzene rings is 7. The Morgan fingerprint density at radius 1 is 0.311 bits per heavy atom. The Balaban J connectivity index is 1.23. The van der Waals surface area contributed by atoms with Crippen molar-refractivity contribution in [1.29, 1.82) is 0 Å². The fourth-order valence-corrected chi connectivity index (χ4v) is 6.21. The predicted molar refractivity (Wildman–Crippen MR) is 184 cm³/mol. The smallest absolute Gasteiger partial charge is 0.164 e. The number of nitrogens with zero attached hydrogens (tertiary/aromatic N) is 3.